The summed E-state index contributed by atoms with van der Waals surface area (Å²) in [7, 11) is 1.68. The van der Waals surface area contributed by atoms with Crippen molar-refractivity contribution in [1.82, 2.24) is 29.7 Å². The maximum Gasteiger partial charge on any atom is 0.226 e. The van der Waals surface area contributed by atoms with Crippen LogP contribution in [0.15, 0.2) is 73.2 Å². The van der Waals surface area contributed by atoms with Gasteiger partial charge < -0.3 is 9.64 Å². The Morgan fingerprint density at radius 2 is 1.79 bits per heavy atom. The van der Waals surface area contributed by atoms with Crippen molar-refractivity contribution in [2.24, 2.45) is 0 Å². The predicted octanol–water partition coefficient (Wildman–Crippen LogP) is 3.67. The first-order valence-electron chi connectivity index (χ1n) is 10.8. The van der Waals surface area contributed by atoms with E-state index >= 15 is 0 Å². The van der Waals surface area contributed by atoms with Crippen molar-refractivity contribution < 1.29 is 4.74 Å². The van der Waals surface area contributed by atoms with Crippen LogP contribution in [-0.2, 0) is 13.1 Å². The van der Waals surface area contributed by atoms with Gasteiger partial charge in [0.15, 0.2) is 5.82 Å². The molecule has 1 aliphatic heterocycles. The van der Waals surface area contributed by atoms with Crippen LogP contribution in [0.25, 0.3) is 22.4 Å². The van der Waals surface area contributed by atoms with Gasteiger partial charge in [0.2, 0.25) is 5.95 Å². The third kappa shape index (κ3) is 3.69. The quantitative estimate of drug-likeness (QED) is 0.392. The Kier molecular flexibility index (Phi) is 4.85. The molecule has 0 spiro atoms. The van der Waals surface area contributed by atoms with E-state index in [-0.39, 0.29) is 0 Å². The van der Waals surface area contributed by atoms with Crippen molar-refractivity contribution in [3.05, 3.63) is 90.0 Å². The average Bonchev–Trinajstić information content (AvgIpc) is 3.51. The number of benzene rings is 2. The number of hydrogen-bond acceptors (Lipinski definition) is 7. The van der Waals surface area contributed by atoms with Gasteiger partial charge in [-0.2, -0.15) is 9.78 Å². The summed E-state index contributed by atoms with van der Waals surface area (Å²) in [5, 5.41) is 5.38. The van der Waals surface area contributed by atoms with Crippen LogP contribution in [0.5, 0.6) is 5.75 Å². The van der Waals surface area contributed by atoms with E-state index in [9.17, 15) is 0 Å². The van der Waals surface area contributed by atoms with Crippen LogP contribution in [-0.4, -0.2) is 36.8 Å². The molecule has 1 aliphatic rings. The van der Waals surface area contributed by atoms with Crippen LogP contribution < -0.4 is 9.64 Å². The number of nitrogens with zero attached hydrogens (tertiary/aromatic N) is 7. The Morgan fingerprint density at radius 1 is 0.912 bits per heavy atom. The van der Waals surface area contributed by atoms with Crippen molar-refractivity contribution in [2.75, 3.05) is 12.0 Å². The number of aromatic nitrogens is 6. The molecule has 0 amide bonds. The highest BCUT2D eigenvalue weighted by atomic mass is 16.5. The summed E-state index contributed by atoms with van der Waals surface area (Å²) < 4.78 is 7.00. The highest BCUT2D eigenvalue weighted by molar-refractivity contribution is 5.79. The van der Waals surface area contributed by atoms with Gasteiger partial charge in [-0.3, -0.25) is 0 Å². The summed E-state index contributed by atoms with van der Waals surface area (Å²) in [6.45, 7) is 1.47. The fourth-order valence-corrected chi connectivity index (χ4v) is 3.99. The largest absolute Gasteiger partial charge is 0.497 e. The van der Waals surface area contributed by atoms with E-state index in [1.54, 1.807) is 36.4 Å². The summed E-state index contributed by atoms with van der Waals surface area (Å²) in [6, 6.07) is 20.7. The van der Waals surface area contributed by atoms with E-state index < -0.39 is 0 Å². The average molecular weight is 445 g/mol. The van der Waals surface area contributed by atoms with Crippen LogP contribution in [0.3, 0.4) is 0 Å². The standard InChI is InChI=1S/C26H19N7O/c1-34-22-7-6-19-16-32(17-20(19)14-22)26-28-12-9-23(31-26)25-27-11-8-21(30-25)10-13-33-24-5-3-2-4-18(24)15-29-33/h2-9,11-12,14-15H,16-17H2,1H3. The maximum absolute atomic E-state index is 5.35. The van der Waals surface area contributed by atoms with Gasteiger partial charge in [-0.1, -0.05) is 24.3 Å². The molecule has 0 bridgehead atoms. The van der Waals surface area contributed by atoms with Crippen molar-refractivity contribution in [3.63, 3.8) is 0 Å². The first-order valence-corrected chi connectivity index (χ1v) is 10.8. The van der Waals surface area contributed by atoms with Gasteiger partial charge in [-0.05, 0) is 47.4 Å². The molecule has 0 saturated heterocycles. The molecule has 8 heteroatoms. The summed E-state index contributed by atoms with van der Waals surface area (Å²) in [5.74, 6) is 5.06. The minimum absolute atomic E-state index is 0.499. The summed E-state index contributed by atoms with van der Waals surface area (Å²) in [6.07, 6.45) is 5.22. The van der Waals surface area contributed by atoms with E-state index in [4.69, 9.17) is 9.72 Å². The minimum atomic E-state index is 0.499. The first kappa shape index (κ1) is 19.9. The molecule has 4 heterocycles. The molecule has 0 fully saturated rings. The molecule has 34 heavy (non-hydrogen) atoms. The SMILES string of the molecule is COc1ccc2c(c1)CN(c1nccc(-c3nccc(C#Cn4ncc5ccccc54)n3)n1)C2. The lowest BCUT2D eigenvalue weighted by molar-refractivity contribution is 0.414. The lowest BCUT2D eigenvalue weighted by atomic mass is 10.1. The van der Waals surface area contributed by atoms with Crippen LogP contribution in [0, 0.1) is 12.0 Å². The fraction of sp³-hybridized carbons (Fsp3) is 0.115. The third-order valence-electron chi connectivity index (χ3n) is 5.71. The van der Waals surface area contributed by atoms with Crippen LogP contribution in [0.2, 0.25) is 0 Å². The molecule has 6 rings (SSSR count). The maximum atomic E-state index is 5.35. The second-order valence-corrected chi connectivity index (χ2v) is 7.85. The lowest BCUT2D eigenvalue weighted by Gasteiger charge is -2.15. The molecule has 0 N–H and O–H groups in total. The molecule has 2 aromatic carbocycles. The number of hydrogen-bond donors (Lipinski definition) is 0. The smallest absolute Gasteiger partial charge is 0.226 e. The number of ether oxygens (including phenoxy) is 1. The molecule has 5 aromatic rings. The molecule has 164 valence electrons. The van der Waals surface area contributed by atoms with Crippen LogP contribution in [0.4, 0.5) is 5.95 Å². The van der Waals surface area contributed by atoms with E-state index in [2.05, 4.69) is 49.0 Å². The molecule has 0 unspecified atom stereocenters. The number of fused-ring (bicyclic) bond motifs is 2. The van der Waals surface area contributed by atoms with Gasteiger partial charge >= 0.3 is 0 Å². The zero-order valence-electron chi connectivity index (χ0n) is 18.4. The van der Waals surface area contributed by atoms with Gasteiger partial charge in [-0.25, -0.2) is 19.9 Å². The lowest BCUT2D eigenvalue weighted by Crippen LogP contribution is -2.17. The Hall–Kier alpha value is -4.77. The van der Waals surface area contributed by atoms with E-state index in [1.165, 1.54) is 11.1 Å². The van der Waals surface area contributed by atoms with Crippen LogP contribution in [0.1, 0.15) is 16.8 Å². The van der Waals surface area contributed by atoms with Crippen molar-refractivity contribution in [3.8, 4) is 29.2 Å². The fourth-order valence-electron chi connectivity index (χ4n) is 3.99. The Balaban J connectivity index is 1.26. The summed E-state index contributed by atoms with van der Waals surface area (Å²) >= 11 is 0. The van der Waals surface area contributed by atoms with Gasteiger partial charge in [0.1, 0.15) is 17.1 Å². The third-order valence-corrected chi connectivity index (χ3v) is 5.71. The molecule has 0 radical (unpaired) electrons. The van der Waals surface area contributed by atoms with Gasteiger partial charge in [-0.15, -0.1) is 0 Å². The van der Waals surface area contributed by atoms with Gasteiger partial charge in [0.05, 0.1) is 18.8 Å². The van der Waals surface area contributed by atoms with Crippen molar-refractivity contribution >= 4 is 16.9 Å². The highest BCUT2D eigenvalue weighted by Crippen LogP contribution is 2.29. The Morgan fingerprint density at radius 3 is 2.74 bits per heavy atom. The van der Waals surface area contributed by atoms with Crippen molar-refractivity contribution in [2.45, 2.75) is 13.1 Å². The molecular weight excluding hydrogens is 426 g/mol. The van der Waals surface area contributed by atoms with Gasteiger partial charge in [0, 0.05) is 36.9 Å². The molecule has 0 aliphatic carbocycles. The number of anilines is 1. The van der Waals surface area contributed by atoms with Crippen molar-refractivity contribution in [1.29, 1.82) is 0 Å². The van der Waals surface area contributed by atoms with E-state index in [0.717, 1.165) is 29.7 Å². The Bertz CT molecular complexity index is 1580. The Labute approximate surface area is 195 Å². The molecular formula is C26H19N7O. The number of methoxy groups -OCH3 is 1. The van der Waals surface area contributed by atoms with E-state index in [0.29, 0.717) is 23.2 Å². The molecule has 0 saturated carbocycles. The highest BCUT2D eigenvalue weighted by Gasteiger charge is 2.22. The number of para-hydroxylation sites is 1. The topological polar surface area (TPSA) is 81.9 Å². The monoisotopic (exact) mass is 445 g/mol. The first-order chi connectivity index (χ1) is 16.8. The number of rotatable bonds is 3. The normalized spacial score (nSPS) is 12.3. The summed E-state index contributed by atoms with van der Waals surface area (Å²) in [5.41, 5.74) is 4.65. The minimum Gasteiger partial charge on any atom is -0.497 e. The predicted molar refractivity (Wildman–Crippen MR) is 128 cm³/mol. The van der Waals surface area contributed by atoms with Gasteiger partial charge in [0.25, 0.3) is 0 Å². The molecule has 0 atom stereocenters. The second-order valence-electron chi connectivity index (χ2n) is 7.85. The summed E-state index contributed by atoms with van der Waals surface area (Å²) in [4.78, 5) is 20.4. The molecule has 8 nitrogen and oxygen atoms in total. The van der Waals surface area contributed by atoms with Crippen LogP contribution >= 0.6 is 0 Å². The molecule has 3 aromatic heterocycles. The second kappa shape index (κ2) is 8.30. The zero-order valence-corrected chi connectivity index (χ0v) is 18.4. The zero-order chi connectivity index (χ0) is 22.9. The van der Waals surface area contributed by atoms with E-state index in [1.807, 2.05) is 36.4 Å².